The molecule has 0 radical (unpaired) electrons. The van der Waals surface area contributed by atoms with E-state index in [1.165, 1.54) is 9.08 Å². The molecule has 6 aromatic rings. The predicted molar refractivity (Wildman–Crippen MR) is 142 cm³/mol. The molecule has 5 aromatic heterocycles. The van der Waals surface area contributed by atoms with Gasteiger partial charge >= 0.3 is 0 Å². The van der Waals surface area contributed by atoms with Crippen molar-refractivity contribution in [2.75, 3.05) is 5.73 Å². The van der Waals surface area contributed by atoms with E-state index in [0.717, 1.165) is 0 Å². The molecule has 0 saturated carbocycles. The van der Waals surface area contributed by atoms with E-state index in [9.17, 15) is 9.59 Å². The van der Waals surface area contributed by atoms with Crippen molar-refractivity contribution in [2.45, 2.75) is 13.0 Å². The largest absolute Gasteiger partial charge is 0.381 e. The van der Waals surface area contributed by atoms with Crippen molar-refractivity contribution in [3.05, 3.63) is 94.2 Å². The quantitative estimate of drug-likeness (QED) is 0.294. The molecule has 0 aliphatic carbocycles. The lowest BCUT2D eigenvalue weighted by atomic mass is 10.2. The number of rotatable bonds is 4. The second-order valence-electron chi connectivity index (χ2n) is 8.71. The van der Waals surface area contributed by atoms with Gasteiger partial charge in [-0.25, -0.2) is 14.5 Å². The molecular formula is C26H21N11O2. The van der Waals surface area contributed by atoms with Crippen molar-refractivity contribution in [3.8, 4) is 17.5 Å². The third-order valence-electron chi connectivity index (χ3n) is 6.04. The topological polar surface area (TPSA) is 167 Å². The number of hydrogen-bond acceptors (Lipinski definition) is 8. The molecule has 6 rings (SSSR count). The number of H-pyrrole nitrogens is 1. The van der Waals surface area contributed by atoms with Crippen LogP contribution >= 0.6 is 0 Å². The maximum Gasteiger partial charge on any atom is 0.270 e. The van der Waals surface area contributed by atoms with Gasteiger partial charge in [0.1, 0.15) is 22.5 Å². The number of anilines is 1. The van der Waals surface area contributed by atoms with Crippen LogP contribution in [0.1, 0.15) is 40.5 Å². The summed E-state index contributed by atoms with van der Waals surface area (Å²) in [5.74, 6) is 5.65. The highest BCUT2D eigenvalue weighted by atomic mass is 16.2. The van der Waals surface area contributed by atoms with E-state index in [2.05, 4.69) is 47.5 Å². The molecule has 192 valence electrons. The average Bonchev–Trinajstić information content (AvgIpc) is 3.63. The number of para-hydroxylation sites is 1. The normalized spacial score (nSPS) is 11.8. The van der Waals surface area contributed by atoms with Gasteiger partial charge in [0.15, 0.2) is 22.8 Å². The first-order chi connectivity index (χ1) is 18.9. The molecule has 0 aliphatic rings. The first kappa shape index (κ1) is 23.6. The Hall–Kier alpha value is -5.77. The Balaban J connectivity index is 1.45. The smallest absolute Gasteiger partial charge is 0.270 e. The van der Waals surface area contributed by atoms with Crippen LogP contribution in [0.15, 0.2) is 65.8 Å². The van der Waals surface area contributed by atoms with Crippen LogP contribution in [-0.4, -0.2) is 50.0 Å². The van der Waals surface area contributed by atoms with Crippen LogP contribution in [0, 0.1) is 11.8 Å². The van der Waals surface area contributed by atoms with Crippen molar-refractivity contribution in [2.24, 2.45) is 7.05 Å². The Morgan fingerprint density at radius 3 is 2.69 bits per heavy atom. The number of aryl methyl sites for hydroxylation is 1. The molecule has 0 aliphatic heterocycles. The van der Waals surface area contributed by atoms with E-state index in [1.807, 2.05) is 18.2 Å². The van der Waals surface area contributed by atoms with E-state index in [0.29, 0.717) is 17.0 Å². The summed E-state index contributed by atoms with van der Waals surface area (Å²) < 4.78 is 4.50. The van der Waals surface area contributed by atoms with Crippen LogP contribution < -0.4 is 16.6 Å². The van der Waals surface area contributed by atoms with Gasteiger partial charge in [0.25, 0.3) is 11.5 Å². The number of fused-ring (bicyclic) bond motifs is 2. The number of amides is 1. The van der Waals surface area contributed by atoms with Crippen LogP contribution in [0.25, 0.3) is 22.4 Å². The van der Waals surface area contributed by atoms with E-state index in [-0.39, 0.29) is 33.9 Å². The first-order valence-corrected chi connectivity index (χ1v) is 11.9. The monoisotopic (exact) mass is 519 g/mol. The molecule has 13 nitrogen and oxygen atoms in total. The highest BCUT2D eigenvalue weighted by Crippen LogP contribution is 2.21. The lowest BCUT2D eigenvalue weighted by Crippen LogP contribution is -2.33. The van der Waals surface area contributed by atoms with Gasteiger partial charge in [-0.1, -0.05) is 18.2 Å². The van der Waals surface area contributed by atoms with Gasteiger partial charge in [0.2, 0.25) is 0 Å². The van der Waals surface area contributed by atoms with Gasteiger partial charge in [0.05, 0.1) is 11.7 Å². The van der Waals surface area contributed by atoms with Crippen LogP contribution in [0.3, 0.4) is 0 Å². The Bertz CT molecular complexity index is 1990. The standard InChI is InChI=1S/C26H21N11O2/c1-15(29-25(38)20-21(27)34-36-13-6-12-28-24(20)36)23-30-22-19(26(39)37(23)17-7-4-3-5-8-17)18(31-32-22)10-9-16-11-14-35(2)33-16/h3-8,11-15H,1-2H3,(H2,27,34)(H,29,38)(H,31,32)/t15-/m1/s1. The maximum atomic E-state index is 13.9. The minimum Gasteiger partial charge on any atom is -0.381 e. The van der Waals surface area contributed by atoms with Crippen molar-refractivity contribution in [1.29, 1.82) is 0 Å². The van der Waals surface area contributed by atoms with Crippen molar-refractivity contribution >= 4 is 28.4 Å². The lowest BCUT2D eigenvalue weighted by molar-refractivity contribution is 0.0940. The fraction of sp³-hybridized carbons (Fsp3) is 0.115. The third-order valence-corrected chi connectivity index (χ3v) is 6.04. The number of nitrogen functional groups attached to an aromatic ring is 1. The van der Waals surface area contributed by atoms with E-state index < -0.39 is 17.5 Å². The van der Waals surface area contributed by atoms with Crippen LogP contribution in [0.5, 0.6) is 0 Å². The molecular weight excluding hydrogens is 498 g/mol. The summed E-state index contributed by atoms with van der Waals surface area (Å²) in [7, 11) is 1.79. The molecule has 0 bridgehead atoms. The number of aromatic nitrogens is 9. The molecule has 1 amide bonds. The second kappa shape index (κ2) is 9.27. The summed E-state index contributed by atoms with van der Waals surface area (Å²) in [4.78, 5) is 36.1. The van der Waals surface area contributed by atoms with Crippen LogP contribution in [0.2, 0.25) is 0 Å². The summed E-state index contributed by atoms with van der Waals surface area (Å²) in [6.45, 7) is 1.72. The summed E-state index contributed by atoms with van der Waals surface area (Å²) in [5, 5.41) is 18.5. The summed E-state index contributed by atoms with van der Waals surface area (Å²) in [6.07, 6.45) is 4.97. The van der Waals surface area contributed by atoms with Crippen LogP contribution in [0.4, 0.5) is 5.82 Å². The molecule has 0 fully saturated rings. The Labute approximate surface area is 220 Å². The maximum absolute atomic E-state index is 13.9. The highest BCUT2D eigenvalue weighted by molar-refractivity contribution is 6.04. The van der Waals surface area contributed by atoms with Crippen molar-refractivity contribution < 1.29 is 4.79 Å². The number of carbonyl (C=O) groups is 1. The molecule has 4 N–H and O–H groups in total. The van der Waals surface area contributed by atoms with E-state index in [4.69, 9.17) is 5.73 Å². The van der Waals surface area contributed by atoms with E-state index in [1.54, 1.807) is 61.5 Å². The highest BCUT2D eigenvalue weighted by Gasteiger charge is 2.25. The molecule has 0 spiro atoms. The number of hydrogen-bond donors (Lipinski definition) is 3. The third kappa shape index (κ3) is 4.15. The summed E-state index contributed by atoms with van der Waals surface area (Å²) in [5.41, 5.74) is 7.67. The van der Waals surface area contributed by atoms with Gasteiger partial charge in [-0.15, -0.1) is 5.10 Å². The summed E-state index contributed by atoms with van der Waals surface area (Å²) >= 11 is 0. The number of nitrogens with two attached hydrogens (primary N) is 1. The molecule has 39 heavy (non-hydrogen) atoms. The number of aromatic amines is 1. The zero-order valence-corrected chi connectivity index (χ0v) is 20.8. The zero-order chi connectivity index (χ0) is 27.1. The second-order valence-corrected chi connectivity index (χ2v) is 8.71. The number of nitrogens with zero attached hydrogens (tertiary/aromatic N) is 8. The minimum atomic E-state index is -0.723. The predicted octanol–water partition coefficient (Wildman–Crippen LogP) is 1.36. The van der Waals surface area contributed by atoms with Crippen molar-refractivity contribution in [1.82, 2.24) is 49.4 Å². The fourth-order valence-corrected chi connectivity index (χ4v) is 4.26. The number of nitrogens with one attached hydrogen (secondary N) is 2. The SMILES string of the molecule is C[C@@H](NC(=O)c1c(N)nn2cccnc12)c1nc2[nH]nc(C#Cc3ccn(C)n3)c2c(=O)n1-c1ccccc1. The molecule has 0 saturated heterocycles. The lowest BCUT2D eigenvalue weighted by Gasteiger charge is -2.18. The molecule has 0 unspecified atom stereocenters. The van der Waals surface area contributed by atoms with Gasteiger partial charge < -0.3 is 11.1 Å². The van der Waals surface area contributed by atoms with Gasteiger partial charge in [-0.2, -0.15) is 10.2 Å². The van der Waals surface area contributed by atoms with Crippen LogP contribution in [-0.2, 0) is 7.05 Å². The molecule has 1 atom stereocenters. The number of carbonyl (C=O) groups excluding carboxylic acids is 1. The van der Waals surface area contributed by atoms with Crippen molar-refractivity contribution in [3.63, 3.8) is 0 Å². The average molecular weight is 520 g/mol. The molecule has 5 heterocycles. The fourth-order valence-electron chi connectivity index (χ4n) is 4.26. The van der Waals surface area contributed by atoms with Gasteiger partial charge in [-0.05, 0) is 43.0 Å². The van der Waals surface area contributed by atoms with Gasteiger partial charge in [-0.3, -0.25) is 23.9 Å². The Morgan fingerprint density at radius 1 is 1.10 bits per heavy atom. The summed E-state index contributed by atoms with van der Waals surface area (Å²) in [6, 6.07) is 11.7. The molecule has 1 aromatic carbocycles. The Morgan fingerprint density at radius 2 is 1.92 bits per heavy atom. The Kier molecular flexibility index (Phi) is 5.61. The molecule has 13 heteroatoms. The van der Waals surface area contributed by atoms with E-state index >= 15 is 0 Å². The van der Waals surface area contributed by atoms with Gasteiger partial charge in [0, 0.05) is 25.6 Å². The minimum absolute atomic E-state index is 0.0342. The number of benzene rings is 1. The zero-order valence-electron chi connectivity index (χ0n) is 20.8. The first-order valence-electron chi connectivity index (χ1n) is 11.9.